The number of fused-ring (bicyclic) bond motifs is 1. The van der Waals surface area contributed by atoms with Crippen molar-refractivity contribution in [2.75, 3.05) is 24.6 Å². The maximum Gasteiger partial charge on any atom is 0.420 e. The molecule has 0 amide bonds. The van der Waals surface area contributed by atoms with E-state index in [4.69, 9.17) is 4.74 Å². The van der Waals surface area contributed by atoms with Crippen molar-refractivity contribution in [2.45, 2.75) is 26.9 Å². The smallest absolute Gasteiger partial charge is 0.420 e. The van der Waals surface area contributed by atoms with Crippen LogP contribution in [0.2, 0.25) is 0 Å². The Kier molecular flexibility index (Phi) is 4.86. The SMILES string of the molecule is CCOc1c(C(F)(F)F)cc2nc(N(CC)CC)[nH]c2c1[N+](=O)[O-]. The van der Waals surface area contributed by atoms with Gasteiger partial charge in [0.15, 0.2) is 0 Å². The van der Waals surface area contributed by atoms with Crippen molar-refractivity contribution in [3.8, 4) is 5.75 Å². The lowest BCUT2D eigenvalue weighted by Crippen LogP contribution is -2.22. The van der Waals surface area contributed by atoms with Gasteiger partial charge in [-0.05, 0) is 26.8 Å². The zero-order chi connectivity index (χ0) is 18.1. The zero-order valence-electron chi connectivity index (χ0n) is 13.4. The van der Waals surface area contributed by atoms with Gasteiger partial charge in [0, 0.05) is 13.1 Å². The van der Waals surface area contributed by atoms with Gasteiger partial charge < -0.3 is 14.6 Å². The predicted molar refractivity (Wildman–Crippen MR) is 82.5 cm³/mol. The third-order valence-corrected chi connectivity index (χ3v) is 3.54. The summed E-state index contributed by atoms with van der Waals surface area (Å²) in [5.41, 5.74) is -2.17. The van der Waals surface area contributed by atoms with Gasteiger partial charge >= 0.3 is 11.9 Å². The molecule has 0 saturated heterocycles. The zero-order valence-corrected chi connectivity index (χ0v) is 13.4. The number of halogens is 3. The third kappa shape index (κ3) is 3.08. The fourth-order valence-electron chi connectivity index (χ4n) is 2.45. The van der Waals surface area contributed by atoms with Crippen LogP contribution >= 0.6 is 0 Å². The molecule has 0 atom stereocenters. The molecule has 0 saturated carbocycles. The lowest BCUT2D eigenvalue weighted by molar-refractivity contribution is -0.384. The summed E-state index contributed by atoms with van der Waals surface area (Å²) in [4.78, 5) is 19.1. The van der Waals surface area contributed by atoms with E-state index in [0.29, 0.717) is 13.1 Å². The molecule has 0 spiro atoms. The highest BCUT2D eigenvalue weighted by molar-refractivity contribution is 5.91. The molecule has 1 aromatic carbocycles. The number of alkyl halides is 3. The molecule has 2 aromatic rings. The lowest BCUT2D eigenvalue weighted by Gasteiger charge is -2.16. The van der Waals surface area contributed by atoms with Gasteiger partial charge in [0.2, 0.25) is 11.7 Å². The second-order valence-corrected chi connectivity index (χ2v) is 4.92. The minimum absolute atomic E-state index is 0.0849. The molecule has 24 heavy (non-hydrogen) atoms. The number of H-pyrrole nitrogens is 1. The summed E-state index contributed by atoms with van der Waals surface area (Å²) in [6, 6.07) is 0.775. The molecule has 1 N–H and O–H groups in total. The monoisotopic (exact) mass is 346 g/mol. The summed E-state index contributed by atoms with van der Waals surface area (Å²) in [5.74, 6) is -0.517. The summed E-state index contributed by atoms with van der Waals surface area (Å²) in [7, 11) is 0. The molecule has 1 aromatic heterocycles. The van der Waals surface area contributed by atoms with Crippen LogP contribution in [0, 0.1) is 10.1 Å². The van der Waals surface area contributed by atoms with Crippen molar-refractivity contribution >= 4 is 22.7 Å². The summed E-state index contributed by atoms with van der Waals surface area (Å²) >= 11 is 0. The van der Waals surface area contributed by atoms with E-state index in [0.717, 1.165) is 6.07 Å². The van der Waals surface area contributed by atoms with Crippen molar-refractivity contribution in [2.24, 2.45) is 0 Å². The van der Waals surface area contributed by atoms with E-state index in [1.54, 1.807) is 4.90 Å². The molecular formula is C14H17F3N4O3. The first kappa shape index (κ1) is 17.8. The molecule has 0 aliphatic heterocycles. The van der Waals surface area contributed by atoms with Crippen LogP contribution in [-0.4, -0.2) is 34.6 Å². The van der Waals surface area contributed by atoms with Crippen LogP contribution in [0.5, 0.6) is 5.75 Å². The topological polar surface area (TPSA) is 84.3 Å². The normalized spacial score (nSPS) is 11.8. The van der Waals surface area contributed by atoms with Crippen LogP contribution in [0.1, 0.15) is 26.3 Å². The summed E-state index contributed by atoms with van der Waals surface area (Å²) in [5, 5.41) is 11.4. The van der Waals surface area contributed by atoms with Gasteiger partial charge in [0.1, 0.15) is 11.1 Å². The number of benzene rings is 1. The molecule has 0 radical (unpaired) electrons. The summed E-state index contributed by atoms with van der Waals surface area (Å²) < 4.78 is 44.8. The number of nitrogens with zero attached hydrogens (tertiary/aromatic N) is 3. The highest BCUT2D eigenvalue weighted by Gasteiger charge is 2.40. The number of aromatic amines is 1. The average molecular weight is 346 g/mol. The van der Waals surface area contributed by atoms with Crippen molar-refractivity contribution in [3.63, 3.8) is 0 Å². The number of hydrogen-bond donors (Lipinski definition) is 1. The van der Waals surface area contributed by atoms with Gasteiger partial charge in [-0.15, -0.1) is 0 Å². The number of nitro benzene ring substituents is 1. The number of hydrogen-bond acceptors (Lipinski definition) is 5. The van der Waals surface area contributed by atoms with E-state index >= 15 is 0 Å². The minimum Gasteiger partial charge on any atom is -0.487 e. The number of nitrogens with one attached hydrogen (secondary N) is 1. The molecule has 0 aliphatic rings. The molecule has 10 heteroatoms. The molecule has 2 rings (SSSR count). The fraction of sp³-hybridized carbons (Fsp3) is 0.500. The van der Waals surface area contributed by atoms with Crippen molar-refractivity contribution < 1.29 is 22.8 Å². The Morgan fingerprint density at radius 2 is 1.96 bits per heavy atom. The Bertz CT molecular complexity index is 754. The maximum atomic E-state index is 13.3. The van der Waals surface area contributed by atoms with E-state index in [1.807, 2.05) is 13.8 Å². The van der Waals surface area contributed by atoms with Gasteiger partial charge in [-0.1, -0.05) is 0 Å². The quantitative estimate of drug-likeness (QED) is 0.636. The van der Waals surface area contributed by atoms with Crippen LogP contribution < -0.4 is 9.64 Å². The molecule has 0 fully saturated rings. The molecule has 1 heterocycles. The van der Waals surface area contributed by atoms with Crippen molar-refractivity contribution in [1.82, 2.24) is 9.97 Å². The Balaban J connectivity index is 2.84. The number of anilines is 1. The molecule has 132 valence electrons. The number of aromatic nitrogens is 2. The van der Waals surface area contributed by atoms with Gasteiger partial charge in [-0.2, -0.15) is 13.2 Å². The Labute approximate surface area is 135 Å². The number of ether oxygens (including phenoxy) is 1. The summed E-state index contributed by atoms with van der Waals surface area (Å²) in [6.45, 7) is 6.12. The Morgan fingerprint density at radius 1 is 1.33 bits per heavy atom. The van der Waals surface area contributed by atoms with Crippen molar-refractivity contribution in [1.29, 1.82) is 0 Å². The standard InChI is InChI=1S/C14H17F3N4O3/c1-4-20(5-2)13-18-9-7-8(14(15,16)17)12(24-6-3)11(21(22)23)10(9)19-13/h7H,4-6H2,1-3H3,(H,18,19). The maximum absolute atomic E-state index is 13.3. The summed E-state index contributed by atoms with van der Waals surface area (Å²) in [6.07, 6.45) is -4.79. The highest BCUT2D eigenvalue weighted by Crippen LogP contribution is 2.45. The van der Waals surface area contributed by atoms with Crippen LogP contribution in [0.4, 0.5) is 24.8 Å². The van der Waals surface area contributed by atoms with E-state index in [2.05, 4.69) is 9.97 Å². The minimum atomic E-state index is -4.79. The lowest BCUT2D eigenvalue weighted by atomic mass is 10.1. The Hall–Kier alpha value is -2.52. The molecular weight excluding hydrogens is 329 g/mol. The van der Waals surface area contributed by atoms with Gasteiger partial charge in [0.25, 0.3) is 0 Å². The van der Waals surface area contributed by atoms with Gasteiger partial charge in [-0.25, -0.2) is 4.98 Å². The third-order valence-electron chi connectivity index (χ3n) is 3.54. The molecule has 0 aliphatic carbocycles. The van der Waals surface area contributed by atoms with Crippen LogP contribution in [0.15, 0.2) is 6.07 Å². The number of rotatable bonds is 6. The van der Waals surface area contributed by atoms with E-state index in [9.17, 15) is 23.3 Å². The van der Waals surface area contributed by atoms with E-state index in [1.165, 1.54) is 6.92 Å². The predicted octanol–water partition coefficient (Wildman–Crippen LogP) is 3.73. The van der Waals surface area contributed by atoms with Crippen LogP contribution in [0.25, 0.3) is 11.0 Å². The second kappa shape index (κ2) is 6.54. The number of nitro groups is 1. The Morgan fingerprint density at radius 3 is 2.42 bits per heavy atom. The second-order valence-electron chi connectivity index (χ2n) is 4.92. The fourth-order valence-corrected chi connectivity index (χ4v) is 2.45. The van der Waals surface area contributed by atoms with E-state index < -0.39 is 28.1 Å². The van der Waals surface area contributed by atoms with Crippen molar-refractivity contribution in [3.05, 3.63) is 21.7 Å². The molecule has 0 unspecified atom stereocenters. The first-order valence-corrected chi connectivity index (χ1v) is 7.40. The van der Waals surface area contributed by atoms with Gasteiger partial charge in [0.05, 0.1) is 17.0 Å². The van der Waals surface area contributed by atoms with Crippen LogP contribution in [0.3, 0.4) is 0 Å². The number of imidazole rings is 1. The largest absolute Gasteiger partial charge is 0.487 e. The first-order valence-electron chi connectivity index (χ1n) is 7.40. The highest BCUT2D eigenvalue weighted by atomic mass is 19.4. The van der Waals surface area contributed by atoms with Crippen LogP contribution in [-0.2, 0) is 6.18 Å². The molecule has 0 bridgehead atoms. The average Bonchev–Trinajstić information content (AvgIpc) is 2.89. The molecule has 7 nitrogen and oxygen atoms in total. The first-order chi connectivity index (χ1) is 11.2. The van der Waals surface area contributed by atoms with E-state index in [-0.39, 0.29) is 23.6 Å². The van der Waals surface area contributed by atoms with Gasteiger partial charge in [-0.3, -0.25) is 10.1 Å².